The molecule has 0 unspecified atom stereocenters. The Morgan fingerprint density at radius 1 is 1.18 bits per heavy atom. The number of hydrogen-bond donors (Lipinski definition) is 2. The molecule has 1 aromatic carbocycles. The van der Waals surface area contributed by atoms with Crippen molar-refractivity contribution in [3.63, 3.8) is 0 Å². The highest BCUT2D eigenvalue weighted by molar-refractivity contribution is 7.15. The summed E-state index contributed by atoms with van der Waals surface area (Å²) in [5.41, 5.74) is 8.94. The number of ether oxygens (including phenoxy) is 1. The number of aryl methyl sites for hydroxylation is 1. The lowest BCUT2D eigenvalue weighted by Crippen LogP contribution is -2.29. The van der Waals surface area contributed by atoms with Gasteiger partial charge in [0.15, 0.2) is 11.6 Å². The first-order chi connectivity index (χ1) is 16.2. The molecule has 2 aromatic heterocycles. The van der Waals surface area contributed by atoms with Gasteiger partial charge < -0.3 is 20.5 Å². The summed E-state index contributed by atoms with van der Waals surface area (Å²) in [7, 11) is 2.17. The van der Waals surface area contributed by atoms with Gasteiger partial charge in [0.05, 0.1) is 9.88 Å². The van der Waals surface area contributed by atoms with Crippen LogP contribution in [0.1, 0.15) is 54.3 Å². The van der Waals surface area contributed by atoms with Gasteiger partial charge in [0, 0.05) is 29.4 Å². The number of hydrogen-bond acceptors (Lipinski definition) is 7. The summed E-state index contributed by atoms with van der Waals surface area (Å²) in [5.74, 6) is 7.34. The lowest BCUT2D eigenvalue weighted by molar-refractivity contribution is 0.143. The maximum Gasteiger partial charge on any atom is 0.166 e. The van der Waals surface area contributed by atoms with Crippen LogP contribution in [0.15, 0.2) is 36.7 Å². The van der Waals surface area contributed by atoms with Gasteiger partial charge in [-0.25, -0.2) is 9.97 Å². The van der Waals surface area contributed by atoms with E-state index in [2.05, 4.69) is 34.8 Å². The zero-order chi connectivity index (χ0) is 24.3. The summed E-state index contributed by atoms with van der Waals surface area (Å²) in [6.07, 6.45) is 6.02. The van der Waals surface area contributed by atoms with Gasteiger partial charge in [0.1, 0.15) is 12.2 Å². The maximum atomic E-state index is 9.88. The molecule has 0 saturated carbocycles. The highest BCUT2D eigenvalue weighted by Gasteiger charge is 2.21. The average molecular weight is 477 g/mol. The lowest BCUT2D eigenvalue weighted by Gasteiger charge is -2.27. The van der Waals surface area contributed by atoms with Crippen molar-refractivity contribution in [1.29, 1.82) is 0 Å². The van der Waals surface area contributed by atoms with Crippen molar-refractivity contribution in [3.05, 3.63) is 58.4 Å². The van der Waals surface area contributed by atoms with Crippen LogP contribution < -0.4 is 10.5 Å². The second-order valence-corrected chi connectivity index (χ2v) is 10.6. The number of pyridine rings is 1. The molecule has 0 atom stereocenters. The molecule has 1 aliphatic heterocycles. The van der Waals surface area contributed by atoms with E-state index in [1.54, 1.807) is 31.4 Å². The van der Waals surface area contributed by atoms with Crippen molar-refractivity contribution < 1.29 is 9.84 Å². The molecule has 3 heterocycles. The number of nitrogens with zero attached hydrogens (tertiary/aromatic N) is 3. The predicted molar refractivity (Wildman–Crippen MR) is 138 cm³/mol. The first-order valence-corrected chi connectivity index (χ1v) is 12.4. The van der Waals surface area contributed by atoms with Crippen molar-refractivity contribution in [2.75, 3.05) is 25.9 Å². The van der Waals surface area contributed by atoms with Gasteiger partial charge >= 0.3 is 0 Å². The SMILES string of the molecule is Cc1cc(C#CC(C)(C)O)cc(COc2cc(-c3cnc(C4CCN(C)CC4)s3)cnc2N)c1. The molecule has 1 saturated heterocycles. The normalized spacial score (nSPS) is 15.1. The minimum absolute atomic E-state index is 0.345. The number of benzene rings is 1. The molecular weight excluding hydrogens is 444 g/mol. The number of thiazole rings is 1. The van der Waals surface area contributed by atoms with Gasteiger partial charge in [-0.2, -0.15) is 0 Å². The van der Waals surface area contributed by atoms with E-state index in [-0.39, 0.29) is 0 Å². The highest BCUT2D eigenvalue weighted by atomic mass is 32.1. The average Bonchev–Trinajstić information content (AvgIpc) is 3.27. The van der Waals surface area contributed by atoms with E-state index in [1.165, 1.54) is 5.01 Å². The lowest BCUT2D eigenvalue weighted by atomic mass is 9.98. The van der Waals surface area contributed by atoms with Crippen molar-refractivity contribution in [3.8, 4) is 28.0 Å². The third kappa shape index (κ3) is 6.35. The van der Waals surface area contributed by atoms with Crippen LogP contribution in [0.3, 0.4) is 0 Å². The van der Waals surface area contributed by atoms with E-state index in [9.17, 15) is 5.11 Å². The number of likely N-dealkylation sites (tertiary alicyclic amines) is 1. The second kappa shape index (κ2) is 10.1. The topological polar surface area (TPSA) is 84.5 Å². The van der Waals surface area contributed by atoms with Gasteiger partial charge in [-0.15, -0.1) is 11.3 Å². The molecule has 1 aliphatic rings. The smallest absolute Gasteiger partial charge is 0.166 e. The Bertz CT molecular complexity index is 1210. The number of nitrogen functional groups attached to an aromatic ring is 1. The van der Waals surface area contributed by atoms with Gasteiger partial charge in [-0.05, 0) is 83.1 Å². The Kier molecular flexibility index (Phi) is 7.22. The number of anilines is 1. The van der Waals surface area contributed by atoms with E-state index >= 15 is 0 Å². The monoisotopic (exact) mass is 476 g/mol. The third-order valence-electron chi connectivity index (χ3n) is 5.80. The Balaban J connectivity index is 1.48. The van der Waals surface area contributed by atoms with Crippen molar-refractivity contribution in [2.45, 2.75) is 51.7 Å². The summed E-state index contributed by atoms with van der Waals surface area (Å²) in [5, 5.41) is 11.1. The molecule has 178 valence electrons. The molecule has 0 spiro atoms. The Labute approximate surface area is 205 Å². The molecular formula is C27H32N4O2S. The van der Waals surface area contributed by atoms with Crippen LogP contribution in [-0.4, -0.2) is 45.7 Å². The number of rotatable bonds is 5. The van der Waals surface area contributed by atoms with Crippen LogP contribution in [0.5, 0.6) is 5.75 Å². The number of piperidine rings is 1. The summed E-state index contributed by atoms with van der Waals surface area (Å²) in [4.78, 5) is 12.5. The maximum absolute atomic E-state index is 9.88. The quantitative estimate of drug-likeness (QED) is 0.524. The molecule has 1 fully saturated rings. The molecule has 4 rings (SSSR count). The van der Waals surface area contributed by atoms with Crippen LogP contribution in [0, 0.1) is 18.8 Å². The van der Waals surface area contributed by atoms with E-state index in [1.807, 2.05) is 31.3 Å². The van der Waals surface area contributed by atoms with Crippen molar-refractivity contribution in [2.24, 2.45) is 0 Å². The number of aliphatic hydroxyl groups is 1. The van der Waals surface area contributed by atoms with E-state index < -0.39 is 5.60 Å². The molecule has 3 N–H and O–H groups in total. The van der Waals surface area contributed by atoms with Gasteiger partial charge in [0.2, 0.25) is 0 Å². The summed E-state index contributed by atoms with van der Waals surface area (Å²) in [6, 6.07) is 7.96. The van der Waals surface area contributed by atoms with E-state index in [4.69, 9.17) is 15.5 Å². The Hall–Kier alpha value is -2.92. The van der Waals surface area contributed by atoms with Crippen LogP contribution in [0.4, 0.5) is 5.82 Å². The van der Waals surface area contributed by atoms with Crippen LogP contribution in [0.2, 0.25) is 0 Å². The third-order valence-corrected chi connectivity index (χ3v) is 7.01. The molecule has 7 heteroatoms. The van der Waals surface area contributed by atoms with E-state index in [0.29, 0.717) is 24.1 Å². The Morgan fingerprint density at radius 2 is 1.94 bits per heavy atom. The largest absolute Gasteiger partial charge is 0.485 e. The fourth-order valence-corrected chi connectivity index (χ4v) is 5.04. The van der Waals surface area contributed by atoms with Gasteiger partial charge in [0.25, 0.3) is 0 Å². The van der Waals surface area contributed by atoms with Crippen molar-refractivity contribution >= 4 is 17.2 Å². The van der Waals surface area contributed by atoms with Crippen LogP contribution in [-0.2, 0) is 6.61 Å². The molecule has 3 aromatic rings. The molecule has 0 amide bonds. The van der Waals surface area contributed by atoms with Crippen LogP contribution in [0.25, 0.3) is 10.4 Å². The van der Waals surface area contributed by atoms with E-state index in [0.717, 1.165) is 53.1 Å². The minimum Gasteiger partial charge on any atom is -0.485 e. The molecule has 0 aliphatic carbocycles. The standard InChI is InChI=1S/C27H32N4O2S/c1-18-11-19(5-8-27(2,3)32)13-20(12-18)17-33-23-14-22(15-29-25(23)28)24-16-30-26(34-24)21-6-9-31(4)10-7-21/h11-16,21,32H,6-7,9-10,17H2,1-4H3,(H2,28,29). The fraction of sp³-hybridized carbons (Fsp3) is 0.407. The zero-order valence-electron chi connectivity index (χ0n) is 20.3. The van der Waals surface area contributed by atoms with Gasteiger partial charge in [-0.3, -0.25) is 0 Å². The molecule has 34 heavy (non-hydrogen) atoms. The van der Waals surface area contributed by atoms with Gasteiger partial charge in [-0.1, -0.05) is 17.9 Å². The van der Waals surface area contributed by atoms with Crippen LogP contribution >= 0.6 is 11.3 Å². The Morgan fingerprint density at radius 3 is 2.68 bits per heavy atom. The number of nitrogens with two attached hydrogens (primary N) is 1. The zero-order valence-corrected chi connectivity index (χ0v) is 21.1. The highest BCUT2D eigenvalue weighted by Crippen LogP contribution is 2.36. The minimum atomic E-state index is -1.04. The first kappa shape index (κ1) is 24.2. The molecule has 0 bridgehead atoms. The summed E-state index contributed by atoms with van der Waals surface area (Å²) < 4.78 is 6.07. The predicted octanol–water partition coefficient (Wildman–Crippen LogP) is 4.61. The first-order valence-electron chi connectivity index (χ1n) is 11.6. The molecule has 6 nitrogen and oxygen atoms in total. The fourth-order valence-electron chi connectivity index (χ4n) is 3.98. The second-order valence-electron chi connectivity index (χ2n) is 9.55. The van der Waals surface area contributed by atoms with Crippen molar-refractivity contribution in [1.82, 2.24) is 14.9 Å². The summed E-state index contributed by atoms with van der Waals surface area (Å²) >= 11 is 1.73. The summed E-state index contributed by atoms with van der Waals surface area (Å²) in [6.45, 7) is 7.93. The molecule has 0 radical (unpaired) electrons. The number of aromatic nitrogens is 2.